The average molecular weight is 289 g/mol. The molecule has 0 aromatic heterocycles. The molecule has 8 heteroatoms. The molecule has 1 unspecified atom stereocenters. The molecule has 4 N–H and O–H groups in total. The third-order valence-corrected chi connectivity index (χ3v) is 2.66. The van der Waals surface area contributed by atoms with Crippen LogP contribution in [0.5, 0.6) is 0 Å². The molecule has 0 bridgehead atoms. The Morgan fingerprint density at radius 2 is 1.95 bits per heavy atom. The first-order valence-electron chi connectivity index (χ1n) is 5.75. The first-order chi connectivity index (χ1) is 9.29. The van der Waals surface area contributed by atoms with E-state index in [-0.39, 0.29) is 11.4 Å². The Morgan fingerprint density at radius 3 is 2.35 bits per heavy atom. The van der Waals surface area contributed by atoms with E-state index < -0.39 is 23.7 Å². The highest BCUT2D eigenvalue weighted by molar-refractivity contribution is 5.98. The van der Waals surface area contributed by atoms with Gasteiger partial charge in [-0.2, -0.15) is 13.2 Å². The van der Waals surface area contributed by atoms with E-state index in [4.69, 9.17) is 10.9 Å². The van der Waals surface area contributed by atoms with E-state index in [2.05, 4.69) is 10.5 Å². The van der Waals surface area contributed by atoms with Crippen LogP contribution in [0.3, 0.4) is 0 Å². The third kappa shape index (κ3) is 3.87. The van der Waals surface area contributed by atoms with E-state index in [1.165, 1.54) is 0 Å². The van der Waals surface area contributed by atoms with Crippen molar-refractivity contribution < 1.29 is 23.2 Å². The number of hydrogen-bond acceptors (Lipinski definition) is 3. The van der Waals surface area contributed by atoms with E-state index in [9.17, 15) is 18.0 Å². The zero-order valence-corrected chi connectivity index (χ0v) is 10.6. The van der Waals surface area contributed by atoms with E-state index in [0.717, 1.165) is 24.3 Å². The summed E-state index contributed by atoms with van der Waals surface area (Å²) >= 11 is 0. The molecule has 20 heavy (non-hydrogen) atoms. The van der Waals surface area contributed by atoms with Crippen LogP contribution in [0.1, 0.15) is 29.3 Å². The summed E-state index contributed by atoms with van der Waals surface area (Å²) in [5.74, 6) is -0.773. The topological polar surface area (TPSA) is 87.7 Å². The van der Waals surface area contributed by atoms with Crippen molar-refractivity contribution in [1.29, 1.82) is 0 Å². The van der Waals surface area contributed by atoms with Crippen LogP contribution in [0.2, 0.25) is 0 Å². The number of oxime groups is 1. The van der Waals surface area contributed by atoms with Gasteiger partial charge >= 0.3 is 6.18 Å². The Hall–Kier alpha value is -2.25. The molecular formula is C12H14F3N3O2. The largest absolute Gasteiger partial charge is 0.416 e. The van der Waals surface area contributed by atoms with Crippen molar-refractivity contribution in [2.75, 3.05) is 0 Å². The molecule has 0 aliphatic carbocycles. The summed E-state index contributed by atoms with van der Waals surface area (Å²) in [5, 5.41) is 13.8. The Bertz CT molecular complexity index is 498. The van der Waals surface area contributed by atoms with Crippen LogP contribution in [0.25, 0.3) is 0 Å². The maximum Gasteiger partial charge on any atom is 0.416 e. The van der Waals surface area contributed by atoms with E-state index in [1.807, 2.05) is 0 Å². The second-order valence-electron chi connectivity index (χ2n) is 4.03. The smallest absolute Gasteiger partial charge is 0.409 e. The highest BCUT2D eigenvalue weighted by Gasteiger charge is 2.30. The monoisotopic (exact) mass is 289 g/mol. The summed E-state index contributed by atoms with van der Waals surface area (Å²) < 4.78 is 37.1. The Labute approximate surface area is 113 Å². The second kappa shape index (κ2) is 6.27. The van der Waals surface area contributed by atoms with Crippen LogP contribution in [0.4, 0.5) is 13.2 Å². The SMILES string of the molecule is CCC(NC(=O)c1ccc(C(F)(F)F)cc1)/C(N)=N/O. The van der Waals surface area contributed by atoms with Crippen LogP contribution in [0, 0.1) is 0 Å². The molecule has 110 valence electrons. The first kappa shape index (κ1) is 15.8. The number of amides is 1. The van der Waals surface area contributed by atoms with Crippen molar-refractivity contribution in [3.8, 4) is 0 Å². The standard InChI is InChI=1S/C12H14F3N3O2/c1-2-9(10(16)18-20)17-11(19)7-3-5-8(6-4-7)12(13,14)15/h3-6,9,20H,2H2,1H3,(H2,16,18)(H,17,19). The summed E-state index contributed by atoms with van der Waals surface area (Å²) in [4.78, 5) is 11.8. The number of nitrogens with one attached hydrogen (secondary N) is 1. The number of carbonyl (C=O) groups is 1. The van der Waals surface area contributed by atoms with E-state index >= 15 is 0 Å². The molecule has 1 rings (SSSR count). The van der Waals surface area contributed by atoms with Gasteiger partial charge in [-0.15, -0.1) is 0 Å². The lowest BCUT2D eigenvalue weighted by molar-refractivity contribution is -0.137. The van der Waals surface area contributed by atoms with Crippen molar-refractivity contribution in [3.63, 3.8) is 0 Å². The lowest BCUT2D eigenvalue weighted by Gasteiger charge is -2.15. The molecule has 0 aliphatic rings. The average Bonchev–Trinajstić information content (AvgIpc) is 2.42. The minimum absolute atomic E-state index is 0.0576. The minimum Gasteiger partial charge on any atom is -0.409 e. The molecule has 0 spiro atoms. The van der Waals surface area contributed by atoms with Gasteiger partial charge in [0.15, 0.2) is 5.84 Å². The van der Waals surface area contributed by atoms with Gasteiger partial charge in [-0.1, -0.05) is 12.1 Å². The van der Waals surface area contributed by atoms with Crippen LogP contribution in [0.15, 0.2) is 29.4 Å². The van der Waals surface area contributed by atoms with Gasteiger partial charge in [-0.3, -0.25) is 4.79 Å². The number of halogens is 3. The first-order valence-corrected chi connectivity index (χ1v) is 5.75. The Kier molecular flexibility index (Phi) is 4.95. The highest BCUT2D eigenvalue weighted by Crippen LogP contribution is 2.29. The van der Waals surface area contributed by atoms with Gasteiger partial charge in [-0.25, -0.2) is 0 Å². The van der Waals surface area contributed by atoms with Crippen LogP contribution < -0.4 is 11.1 Å². The summed E-state index contributed by atoms with van der Waals surface area (Å²) in [7, 11) is 0. The molecule has 0 aliphatic heterocycles. The molecule has 0 saturated heterocycles. The normalized spacial score (nSPS) is 13.9. The fourth-order valence-corrected chi connectivity index (χ4v) is 1.51. The summed E-state index contributed by atoms with van der Waals surface area (Å²) in [6, 6.07) is 3.09. The Morgan fingerprint density at radius 1 is 1.40 bits per heavy atom. The zero-order valence-electron chi connectivity index (χ0n) is 10.6. The van der Waals surface area contributed by atoms with Gasteiger partial charge in [-0.05, 0) is 30.7 Å². The van der Waals surface area contributed by atoms with Crippen molar-refractivity contribution in [1.82, 2.24) is 5.32 Å². The van der Waals surface area contributed by atoms with E-state index in [0.29, 0.717) is 6.42 Å². The number of rotatable bonds is 4. The number of alkyl halides is 3. The van der Waals surface area contributed by atoms with Crippen LogP contribution in [-0.4, -0.2) is 23.0 Å². The minimum atomic E-state index is -4.45. The van der Waals surface area contributed by atoms with Gasteiger partial charge in [0.2, 0.25) is 0 Å². The maximum atomic E-state index is 12.4. The molecule has 1 atom stereocenters. The molecular weight excluding hydrogens is 275 g/mol. The fourth-order valence-electron chi connectivity index (χ4n) is 1.51. The second-order valence-corrected chi connectivity index (χ2v) is 4.03. The molecule has 5 nitrogen and oxygen atoms in total. The van der Waals surface area contributed by atoms with Crippen molar-refractivity contribution in [2.24, 2.45) is 10.9 Å². The molecule has 0 heterocycles. The molecule has 1 amide bonds. The number of nitrogens with zero attached hydrogens (tertiary/aromatic N) is 1. The molecule has 1 aromatic carbocycles. The van der Waals surface area contributed by atoms with Crippen molar-refractivity contribution in [2.45, 2.75) is 25.6 Å². The molecule has 0 radical (unpaired) electrons. The zero-order chi connectivity index (χ0) is 15.3. The lowest BCUT2D eigenvalue weighted by Crippen LogP contribution is -2.44. The Balaban J connectivity index is 2.83. The lowest BCUT2D eigenvalue weighted by atomic mass is 10.1. The maximum absolute atomic E-state index is 12.4. The number of carbonyl (C=O) groups excluding carboxylic acids is 1. The van der Waals surface area contributed by atoms with Gasteiger partial charge in [0, 0.05) is 5.56 Å². The van der Waals surface area contributed by atoms with Gasteiger partial charge in [0.05, 0.1) is 11.6 Å². The van der Waals surface area contributed by atoms with Crippen molar-refractivity contribution >= 4 is 11.7 Å². The molecule has 1 aromatic rings. The summed E-state index contributed by atoms with van der Waals surface area (Å²) in [6.45, 7) is 1.70. The highest BCUT2D eigenvalue weighted by atomic mass is 19.4. The van der Waals surface area contributed by atoms with Gasteiger partial charge in [0.25, 0.3) is 5.91 Å². The predicted molar refractivity (Wildman–Crippen MR) is 66.4 cm³/mol. The van der Waals surface area contributed by atoms with Crippen LogP contribution in [-0.2, 0) is 6.18 Å². The number of nitrogens with two attached hydrogens (primary N) is 1. The number of benzene rings is 1. The number of hydrogen-bond donors (Lipinski definition) is 3. The molecule has 0 fully saturated rings. The summed E-state index contributed by atoms with van der Waals surface area (Å²) in [5.41, 5.74) is 4.59. The third-order valence-electron chi connectivity index (χ3n) is 2.66. The molecule has 0 saturated carbocycles. The number of amidine groups is 1. The summed E-state index contributed by atoms with van der Waals surface area (Å²) in [6.07, 6.45) is -4.07. The van der Waals surface area contributed by atoms with Crippen molar-refractivity contribution in [3.05, 3.63) is 35.4 Å². The van der Waals surface area contributed by atoms with Gasteiger partial charge < -0.3 is 16.3 Å². The predicted octanol–water partition coefficient (Wildman–Crippen LogP) is 1.96. The van der Waals surface area contributed by atoms with Gasteiger partial charge in [0.1, 0.15) is 0 Å². The van der Waals surface area contributed by atoms with E-state index in [1.54, 1.807) is 6.92 Å². The quantitative estimate of drug-likeness (QED) is 0.343. The van der Waals surface area contributed by atoms with Crippen LogP contribution >= 0.6 is 0 Å². The fraction of sp³-hybridized carbons (Fsp3) is 0.333.